The van der Waals surface area contributed by atoms with Gasteiger partial charge in [0.2, 0.25) is 35.4 Å². The van der Waals surface area contributed by atoms with Gasteiger partial charge in [-0.05, 0) is 31.1 Å². The summed E-state index contributed by atoms with van der Waals surface area (Å²) in [6.45, 7) is 5.22. The number of ether oxygens (including phenoxy) is 2. The van der Waals surface area contributed by atoms with Crippen LogP contribution in [0.5, 0.6) is 0 Å². The number of carbonyl (C=O) groups is 6. The molecule has 0 aliphatic carbocycles. The number of aliphatic hydroxyl groups excluding tert-OH is 1. The molecular formula is C31H53N8O12P. The van der Waals surface area contributed by atoms with Gasteiger partial charge in [-0.15, -0.1) is 0 Å². The number of nitrogens with two attached hydrogens (primary N) is 1. The Morgan fingerprint density at radius 2 is 1.65 bits per heavy atom. The Morgan fingerprint density at radius 3 is 2.23 bits per heavy atom. The molecule has 0 saturated carbocycles. The summed E-state index contributed by atoms with van der Waals surface area (Å²) in [5.41, 5.74) is 5.77. The van der Waals surface area contributed by atoms with E-state index in [1.165, 1.54) is 31.5 Å². The van der Waals surface area contributed by atoms with Crippen LogP contribution < -0.4 is 27.0 Å². The minimum absolute atomic E-state index is 0.0657. The van der Waals surface area contributed by atoms with Crippen molar-refractivity contribution in [2.45, 2.75) is 83.1 Å². The van der Waals surface area contributed by atoms with E-state index in [4.69, 9.17) is 15.2 Å². The van der Waals surface area contributed by atoms with Crippen molar-refractivity contribution in [2.75, 3.05) is 46.2 Å². The maximum absolute atomic E-state index is 13.7. The number of hydrogen-bond donors (Lipinski definition) is 9. The van der Waals surface area contributed by atoms with Crippen LogP contribution >= 0.6 is 7.60 Å². The first kappa shape index (κ1) is 44.2. The molecule has 21 heteroatoms. The highest BCUT2D eigenvalue weighted by Gasteiger charge is 2.37. The quantitative estimate of drug-likeness (QED) is 0.0405. The Morgan fingerprint density at radius 1 is 1.00 bits per heavy atom. The molecule has 1 saturated heterocycles. The summed E-state index contributed by atoms with van der Waals surface area (Å²) in [4.78, 5) is 106. The van der Waals surface area contributed by atoms with Crippen molar-refractivity contribution in [3.63, 3.8) is 0 Å². The highest BCUT2D eigenvalue weighted by molar-refractivity contribution is 7.51. The molecule has 1 aliphatic heterocycles. The second-order valence-electron chi connectivity index (χ2n) is 13.1. The standard InChI is InChI=1S/C31H53N8O12P/c1-18(2)12-21(36-31(46)24-6-5-8-39(24)25(41)7-9-51-11-10-50-4)28(43)35-22(13-20-14-33-17-34-20)29(44)37-23(15-40)30(45)38-26(27(32)42)19(3)16-52(47,48)49/h14,17-19,21-24,26,40H,5-13,15-16H2,1-4H3,(H2,32,42)(H,33,34)(H,35,43)(H,36,46)(H,37,44)(H,38,45)(H2,47,48,49)/t19-,21-,22-,23-,24-,26-/m0/s1. The number of rotatable bonds is 23. The number of hydrogen-bond acceptors (Lipinski definition) is 11. The average Bonchev–Trinajstić information content (AvgIpc) is 3.76. The molecule has 1 aliphatic rings. The number of carbonyl (C=O) groups excluding carboxylic acids is 6. The summed E-state index contributed by atoms with van der Waals surface area (Å²) >= 11 is 0. The molecule has 294 valence electrons. The van der Waals surface area contributed by atoms with Crippen molar-refractivity contribution in [3.05, 3.63) is 18.2 Å². The number of primary amides is 1. The van der Waals surface area contributed by atoms with Gasteiger partial charge in [0.1, 0.15) is 30.2 Å². The van der Waals surface area contributed by atoms with Gasteiger partial charge in [0, 0.05) is 32.0 Å². The van der Waals surface area contributed by atoms with Gasteiger partial charge in [0.15, 0.2) is 0 Å². The van der Waals surface area contributed by atoms with E-state index in [1.54, 1.807) is 0 Å². The second-order valence-corrected chi connectivity index (χ2v) is 14.8. The van der Waals surface area contributed by atoms with Crippen LogP contribution in [0.2, 0.25) is 0 Å². The molecule has 1 aromatic rings. The zero-order valence-electron chi connectivity index (χ0n) is 29.9. The zero-order chi connectivity index (χ0) is 39.0. The Labute approximate surface area is 301 Å². The number of likely N-dealkylation sites (tertiary alicyclic amines) is 1. The Kier molecular flexibility index (Phi) is 18.3. The maximum Gasteiger partial charge on any atom is 0.325 e. The number of H-pyrrole nitrogens is 1. The van der Waals surface area contributed by atoms with E-state index < -0.39 is 86.0 Å². The minimum atomic E-state index is -4.59. The van der Waals surface area contributed by atoms with Crippen molar-refractivity contribution in [3.8, 4) is 0 Å². The lowest BCUT2D eigenvalue weighted by molar-refractivity contribution is -0.140. The summed E-state index contributed by atoms with van der Waals surface area (Å²) in [7, 11) is -3.06. The van der Waals surface area contributed by atoms with Crippen LogP contribution in [0, 0.1) is 11.8 Å². The highest BCUT2D eigenvalue weighted by atomic mass is 31.2. The SMILES string of the molecule is COCCOCCC(=O)N1CCC[C@H]1C(=O)N[C@@H](CC(C)C)C(=O)N[C@@H](Cc1cnc[nH]1)C(=O)N[C@@H](CO)C(=O)N[C@H](C(N)=O)[C@@H](C)CP(=O)(O)O. The van der Waals surface area contributed by atoms with Gasteiger partial charge in [-0.3, -0.25) is 33.3 Å². The van der Waals surface area contributed by atoms with Crippen LogP contribution in [-0.2, 0) is 49.2 Å². The maximum atomic E-state index is 13.7. The summed E-state index contributed by atoms with van der Waals surface area (Å²) in [6, 6.07) is -6.52. The molecular weight excluding hydrogens is 707 g/mol. The van der Waals surface area contributed by atoms with E-state index >= 15 is 0 Å². The number of methoxy groups -OCH3 is 1. The van der Waals surface area contributed by atoms with Crippen LogP contribution in [0.15, 0.2) is 12.5 Å². The van der Waals surface area contributed by atoms with E-state index in [0.29, 0.717) is 38.3 Å². The Balaban J connectivity index is 2.19. The number of imidazole rings is 1. The Bertz CT molecular complexity index is 1390. The molecule has 0 bridgehead atoms. The minimum Gasteiger partial charge on any atom is -0.394 e. The van der Waals surface area contributed by atoms with E-state index in [9.17, 15) is 48.2 Å². The monoisotopic (exact) mass is 760 g/mol. The molecule has 0 aromatic carbocycles. The number of aliphatic hydroxyl groups is 1. The zero-order valence-corrected chi connectivity index (χ0v) is 30.8. The predicted octanol–water partition coefficient (Wildman–Crippen LogP) is -2.73. The van der Waals surface area contributed by atoms with E-state index in [-0.39, 0.29) is 37.7 Å². The van der Waals surface area contributed by atoms with Gasteiger partial charge >= 0.3 is 7.60 Å². The molecule has 52 heavy (non-hydrogen) atoms. The molecule has 10 N–H and O–H groups in total. The molecule has 2 rings (SSSR count). The first-order valence-corrected chi connectivity index (χ1v) is 18.8. The molecule has 1 fully saturated rings. The van der Waals surface area contributed by atoms with Gasteiger partial charge in [-0.25, -0.2) is 4.98 Å². The van der Waals surface area contributed by atoms with E-state index in [1.807, 2.05) is 13.8 Å². The fourth-order valence-electron chi connectivity index (χ4n) is 5.65. The number of nitrogens with zero attached hydrogens (tertiary/aromatic N) is 2. The van der Waals surface area contributed by atoms with Crippen LogP contribution in [0.25, 0.3) is 0 Å². The highest BCUT2D eigenvalue weighted by Crippen LogP contribution is 2.37. The lowest BCUT2D eigenvalue weighted by Crippen LogP contribution is -2.60. The average molecular weight is 761 g/mol. The predicted molar refractivity (Wildman–Crippen MR) is 184 cm³/mol. The summed E-state index contributed by atoms with van der Waals surface area (Å²) in [5, 5.41) is 19.9. The fourth-order valence-corrected chi connectivity index (χ4v) is 6.61. The second kappa shape index (κ2) is 21.6. The first-order valence-electron chi connectivity index (χ1n) is 17.0. The molecule has 0 unspecified atom stereocenters. The molecule has 20 nitrogen and oxygen atoms in total. The fraction of sp³-hybridized carbons (Fsp3) is 0.710. The van der Waals surface area contributed by atoms with Crippen molar-refractivity contribution in [2.24, 2.45) is 17.6 Å². The first-order chi connectivity index (χ1) is 24.5. The van der Waals surface area contributed by atoms with Crippen LogP contribution in [0.3, 0.4) is 0 Å². The van der Waals surface area contributed by atoms with Crippen molar-refractivity contribution >= 4 is 43.0 Å². The van der Waals surface area contributed by atoms with E-state index in [2.05, 4.69) is 31.2 Å². The lowest BCUT2D eigenvalue weighted by Gasteiger charge is -2.29. The van der Waals surface area contributed by atoms with Gasteiger partial charge in [-0.2, -0.15) is 0 Å². The third kappa shape index (κ3) is 15.0. The molecule has 6 atom stereocenters. The summed E-state index contributed by atoms with van der Waals surface area (Å²) < 4.78 is 21.8. The molecule has 2 heterocycles. The normalized spacial score (nSPS) is 17.5. The van der Waals surface area contributed by atoms with Gasteiger partial charge in [-0.1, -0.05) is 20.8 Å². The van der Waals surface area contributed by atoms with Gasteiger partial charge in [0.05, 0.1) is 45.3 Å². The summed E-state index contributed by atoms with van der Waals surface area (Å²) in [5.74, 6) is -5.82. The molecule has 0 spiro atoms. The largest absolute Gasteiger partial charge is 0.394 e. The smallest absolute Gasteiger partial charge is 0.325 e. The van der Waals surface area contributed by atoms with Crippen LogP contribution in [-0.4, -0.2) is 142 Å². The third-order valence-corrected chi connectivity index (χ3v) is 9.29. The molecule has 1 aromatic heterocycles. The van der Waals surface area contributed by atoms with Gasteiger partial charge < -0.3 is 61.3 Å². The van der Waals surface area contributed by atoms with Crippen molar-refractivity contribution < 1.29 is 57.7 Å². The number of nitrogens with one attached hydrogen (secondary N) is 5. The van der Waals surface area contributed by atoms with Crippen molar-refractivity contribution in [1.29, 1.82) is 0 Å². The topological polar surface area (TPSA) is 305 Å². The van der Waals surface area contributed by atoms with E-state index in [0.717, 1.165) is 0 Å². The van der Waals surface area contributed by atoms with Crippen molar-refractivity contribution in [1.82, 2.24) is 36.1 Å². The molecule has 0 radical (unpaired) electrons. The van der Waals surface area contributed by atoms with Crippen LogP contribution in [0.4, 0.5) is 0 Å². The van der Waals surface area contributed by atoms with Gasteiger partial charge in [0.25, 0.3) is 0 Å². The number of amides is 6. The lowest BCUT2D eigenvalue weighted by atomic mass is 10.0. The number of aromatic nitrogens is 2. The summed E-state index contributed by atoms with van der Waals surface area (Å²) in [6.07, 6.45) is 3.05. The molecule has 6 amide bonds. The number of aromatic amines is 1. The third-order valence-electron chi connectivity index (χ3n) is 8.23. The van der Waals surface area contributed by atoms with Crippen LogP contribution in [0.1, 0.15) is 52.1 Å². The Hall–Kier alpha value is -3.94.